The summed E-state index contributed by atoms with van der Waals surface area (Å²) < 4.78 is 3.69. The second kappa shape index (κ2) is 6.64. The fourth-order valence-electron chi connectivity index (χ4n) is 3.24. The minimum Gasteiger partial charge on any atom is -0.337 e. The Morgan fingerprint density at radius 2 is 1.80 bits per heavy atom. The minimum absolute atomic E-state index is 0.805. The van der Waals surface area contributed by atoms with Crippen LogP contribution in [0.2, 0.25) is 0 Å². The van der Waals surface area contributed by atoms with Gasteiger partial charge in [-0.15, -0.1) is 0 Å². The first-order valence-corrected chi connectivity index (χ1v) is 8.51. The van der Waals surface area contributed by atoms with Crippen molar-refractivity contribution >= 4 is 5.95 Å². The summed E-state index contributed by atoms with van der Waals surface area (Å²) in [6.45, 7) is 6.75. The third kappa shape index (κ3) is 3.25. The molecule has 0 atom stereocenters. The van der Waals surface area contributed by atoms with Crippen LogP contribution in [0.25, 0.3) is 5.69 Å². The molecule has 0 amide bonds. The van der Waals surface area contributed by atoms with Crippen LogP contribution < -0.4 is 4.90 Å². The zero-order valence-corrected chi connectivity index (χ0v) is 14.6. The molecule has 3 aromatic rings. The molecule has 1 aliphatic rings. The smallest absolute Gasteiger partial charge is 0.250 e. The van der Waals surface area contributed by atoms with Crippen LogP contribution in [0.4, 0.5) is 5.95 Å². The average Bonchev–Trinajstić information content (AvgIpc) is 3.23. The number of tetrazole rings is 1. The van der Waals surface area contributed by atoms with E-state index in [0.717, 1.165) is 50.1 Å². The van der Waals surface area contributed by atoms with Crippen molar-refractivity contribution in [2.75, 3.05) is 31.1 Å². The van der Waals surface area contributed by atoms with Gasteiger partial charge in [-0.3, -0.25) is 9.58 Å². The average molecular weight is 338 g/mol. The molecule has 25 heavy (non-hydrogen) atoms. The number of rotatable bonds is 4. The van der Waals surface area contributed by atoms with E-state index in [0.29, 0.717) is 0 Å². The maximum absolute atomic E-state index is 4.55. The first-order valence-electron chi connectivity index (χ1n) is 8.51. The van der Waals surface area contributed by atoms with Gasteiger partial charge in [-0.1, -0.05) is 23.3 Å². The largest absolute Gasteiger partial charge is 0.337 e. The van der Waals surface area contributed by atoms with Gasteiger partial charge in [0.2, 0.25) is 5.95 Å². The van der Waals surface area contributed by atoms with Gasteiger partial charge in [-0.05, 0) is 35.0 Å². The Bertz CT molecular complexity index is 829. The van der Waals surface area contributed by atoms with Gasteiger partial charge in [0.15, 0.2) is 0 Å². The van der Waals surface area contributed by atoms with Gasteiger partial charge in [0.1, 0.15) is 0 Å². The lowest BCUT2D eigenvalue weighted by atomic mass is 10.2. The fraction of sp³-hybridized carbons (Fsp3) is 0.412. The number of anilines is 1. The summed E-state index contributed by atoms with van der Waals surface area (Å²) in [5.41, 5.74) is 3.39. The van der Waals surface area contributed by atoms with Gasteiger partial charge < -0.3 is 4.90 Å². The molecule has 0 bridgehead atoms. The van der Waals surface area contributed by atoms with E-state index in [1.807, 2.05) is 42.1 Å². The first kappa shape index (κ1) is 15.8. The zero-order valence-electron chi connectivity index (χ0n) is 14.6. The Morgan fingerprint density at radius 3 is 2.48 bits per heavy atom. The highest BCUT2D eigenvalue weighted by atomic mass is 15.6. The fourth-order valence-corrected chi connectivity index (χ4v) is 3.24. The van der Waals surface area contributed by atoms with Crippen LogP contribution in [0, 0.1) is 6.92 Å². The maximum Gasteiger partial charge on any atom is 0.250 e. The maximum atomic E-state index is 4.55. The van der Waals surface area contributed by atoms with Crippen molar-refractivity contribution in [2.24, 2.45) is 7.05 Å². The molecule has 1 aliphatic heterocycles. The first-order chi connectivity index (χ1) is 12.2. The summed E-state index contributed by atoms with van der Waals surface area (Å²) in [7, 11) is 1.97. The predicted molar refractivity (Wildman–Crippen MR) is 94.6 cm³/mol. The normalized spacial score (nSPS) is 15.7. The number of hydrogen-bond donors (Lipinski definition) is 0. The van der Waals surface area contributed by atoms with Crippen LogP contribution in [-0.4, -0.2) is 61.1 Å². The molecule has 130 valence electrons. The number of aromatic nitrogens is 6. The van der Waals surface area contributed by atoms with Gasteiger partial charge in [0.05, 0.1) is 11.4 Å². The van der Waals surface area contributed by atoms with Crippen LogP contribution in [0.1, 0.15) is 11.3 Å². The molecule has 1 fully saturated rings. The highest BCUT2D eigenvalue weighted by Crippen LogP contribution is 2.18. The lowest BCUT2D eigenvalue weighted by Gasteiger charge is -2.34. The summed E-state index contributed by atoms with van der Waals surface area (Å²) in [6.07, 6.45) is 2.07. The number of aryl methyl sites for hydroxylation is 2. The number of piperazine rings is 1. The topological polar surface area (TPSA) is 67.9 Å². The number of benzene rings is 1. The van der Waals surface area contributed by atoms with Crippen LogP contribution in [0.5, 0.6) is 0 Å². The predicted octanol–water partition coefficient (Wildman–Crippen LogP) is 1.03. The molecular formula is C17H22N8. The molecule has 0 radical (unpaired) electrons. The van der Waals surface area contributed by atoms with Crippen molar-refractivity contribution in [3.63, 3.8) is 0 Å². The van der Waals surface area contributed by atoms with Crippen molar-refractivity contribution in [3.8, 4) is 5.69 Å². The number of hydrogen-bond acceptors (Lipinski definition) is 6. The summed E-state index contributed by atoms with van der Waals surface area (Å²) in [5, 5.41) is 16.8. The Morgan fingerprint density at radius 1 is 1.04 bits per heavy atom. The summed E-state index contributed by atoms with van der Waals surface area (Å²) in [5.74, 6) is 0.805. The Hall–Kier alpha value is -2.74. The van der Waals surface area contributed by atoms with E-state index in [-0.39, 0.29) is 0 Å². The molecule has 0 N–H and O–H groups in total. The Balaban J connectivity index is 1.43. The number of nitrogens with zero attached hydrogens (tertiary/aromatic N) is 8. The van der Waals surface area contributed by atoms with Crippen LogP contribution >= 0.6 is 0 Å². The SMILES string of the molecule is Cc1cn(C)nc1CN1CCN(c2nnnn2-c2ccccc2)CC1. The third-order valence-electron chi connectivity index (χ3n) is 4.60. The van der Waals surface area contributed by atoms with E-state index in [1.165, 1.54) is 5.56 Å². The van der Waals surface area contributed by atoms with E-state index < -0.39 is 0 Å². The quantitative estimate of drug-likeness (QED) is 0.708. The molecule has 0 saturated carbocycles. The molecule has 0 unspecified atom stereocenters. The van der Waals surface area contributed by atoms with E-state index in [2.05, 4.69) is 43.5 Å². The molecule has 0 spiro atoms. The van der Waals surface area contributed by atoms with Gasteiger partial charge in [-0.2, -0.15) is 9.78 Å². The van der Waals surface area contributed by atoms with Crippen LogP contribution in [0.15, 0.2) is 36.5 Å². The van der Waals surface area contributed by atoms with Crippen LogP contribution in [0.3, 0.4) is 0 Å². The molecule has 3 heterocycles. The van der Waals surface area contributed by atoms with E-state index >= 15 is 0 Å². The van der Waals surface area contributed by atoms with Gasteiger partial charge in [-0.25, -0.2) is 0 Å². The zero-order chi connectivity index (χ0) is 17.2. The molecule has 2 aromatic heterocycles. The Labute approximate surface area is 146 Å². The lowest BCUT2D eigenvalue weighted by Crippen LogP contribution is -2.47. The Kier molecular flexibility index (Phi) is 4.19. The monoisotopic (exact) mass is 338 g/mol. The minimum atomic E-state index is 0.805. The highest BCUT2D eigenvalue weighted by molar-refractivity contribution is 5.40. The van der Waals surface area contributed by atoms with E-state index in [4.69, 9.17) is 0 Å². The summed E-state index contributed by atoms with van der Waals surface area (Å²) in [4.78, 5) is 4.68. The van der Waals surface area contributed by atoms with Crippen molar-refractivity contribution in [2.45, 2.75) is 13.5 Å². The molecular weight excluding hydrogens is 316 g/mol. The molecule has 8 heteroatoms. The van der Waals surface area contributed by atoms with Crippen molar-refractivity contribution in [1.29, 1.82) is 0 Å². The van der Waals surface area contributed by atoms with Gasteiger partial charge in [0.25, 0.3) is 0 Å². The van der Waals surface area contributed by atoms with E-state index in [9.17, 15) is 0 Å². The lowest BCUT2D eigenvalue weighted by molar-refractivity contribution is 0.244. The third-order valence-corrected chi connectivity index (χ3v) is 4.60. The highest BCUT2D eigenvalue weighted by Gasteiger charge is 2.23. The van der Waals surface area contributed by atoms with Crippen LogP contribution in [-0.2, 0) is 13.6 Å². The standard InChI is InChI=1S/C17H22N8/c1-14-12-22(2)19-16(14)13-23-8-10-24(11-9-23)17-18-20-21-25(17)15-6-4-3-5-7-15/h3-7,12H,8-11,13H2,1-2H3. The van der Waals surface area contributed by atoms with Crippen molar-refractivity contribution < 1.29 is 0 Å². The van der Waals surface area contributed by atoms with Crippen molar-refractivity contribution in [1.82, 2.24) is 34.9 Å². The van der Waals surface area contributed by atoms with E-state index in [1.54, 1.807) is 4.68 Å². The number of para-hydroxylation sites is 1. The van der Waals surface area contributed by atoms with Gasteiger partial charge in [0, 0.05) is 46.0 Å². The summed E-state index contributed by atoms with van der Waals surface area (Å²) in [6, 6.07) is 10.0. The second-order valence-corrected chi connectivity index (χ2v) is 6.42. The molecule has 1 saturated heterocycles. The molecule has 8 nitrogen and oxygen atoms in total. The second-order valence-electron chi connectivity index (χ2n) is 6.42. The molecule has 1 aromatic carbocycles. The molecule has 4 rings (SSSR count). The summed E-state index contributed by atoms with van der Waals surface area (Å²) >= 11 is 0. The molecule has 0 aliphatic carbocycles. The van der Waals surface area contributed by atoms with Crippen molar-refractivity contribution in [3.05, 3.63) is 47.8 Å². The van der Waals surface area contributed by atoms with Gasteiger partial charge >= 0.3 is 0 Å².